The number of nitrogens with zero attached hydrogens (tertiary/aromatic N) is 1. The Balaban J connectivity index is 1.76. The summed E-state index contributed by atoms with van der Waals surface area (Å²) in [5, 5.41) is 0. The zero-order chi connectivity index (χ0) is 16.8. The molecule has 2 aromatic rings. The van der Waals surface area contributed by atoms with Crippen LogP contribution in [0.1, 0.15) is 30.4 Å². The van der Waals surface area contributed by atoms with Gasteiger partial charge in [-0.05, 0) is 31.0 Å². The third-order valence-corrected chi connectivity index (χ3v) is 4.76. The van der Waals surface area contributed by atoms with Gasteiger partial charge in [-0.2, -0.15) is 0 Å². The van der Waals surface area contributed by atoms with E-state index in [1.807, 2.05) is 31.2 Å². The van der Waals surface area contributed by atoms with Crippen LogP contribution >= 0.6 is 0 Å². The molecule has 0 aliphatic carbocycles. The summed E-state index contributed by atoms with van der Waals surface area (Å²) in [5.41, 5.74) is 2.55. The van der Waals surface area contributed by atoms with Crippen molar-refractivity contribution in [3.05, 3.63) is 71.8 Å². The Morgan fingerprint density at radius 2 is 1.75 bits per heavy atom. The van der Waals surface area contributed by atoms with Crippen molar-refractivity contribution in [1.82, 2.24) is 4.90 Å². The summed E-state index contributed by atoms with van der Waals surface area (Å²) in [6.45, 7) is 5.08. The number of benzene rings is 2. The number of carbonyl (C=O) groups is 1. The lowest BCUT2D eigenvalue weighted by molar-refractivity contribution is -0.150. The van der Waals surface area contributed by atoms with E-state index in [1.165, 1.54) is 11.1 Å². The number of esters is 1. The summed E-state index contributed by atoms with van der Waals surface area (Å²) < 4.78 is 5.33. The van der Waals surface area contributed by atoms with Gasteiger partial charge in [0, 0.05) is 19.0 Å². The molecule has 0 saturated carbocycles. The highest BCUT2D eigenvalue weighted by atomic mass is 16.5. The standard InChI is InChI=1S/C21H25NO2/c1-2-24-21(23)19-13-14-22(15-17-9-5-3-6-10-17)16-20(19)18-11-7-4-8-12-18/h3-12,19-20H,2,13-16H2,1H3/t19-,20+/m1/s1. The summed E-state index contributed by atoms with van der Waals surface area (Å²) in [6.07, 6.45) is 0.852. The van der Waals surface area contributed by atoms with Gasteiger partial charge in [-0.1, -0.05) is 60.7 Å². The first-order valence-electron chi connectivity index (χ1n) is 8.75. The van der Waals surface area contributed by atoms with E-state index in [2.05, 4.69) is 41.3 Å². The summed E-state index contributed by atoms with van der Waals surface area (Å²) in [6, 6.07) is 20.9. The van der Waals surface area contributed by atoms with Gasteiger partial charge in [0.25, 0.3) is 0 Å². The highest BCUT2D eigenvalue weighted by Crippen LogP contribution is 2.34. The van der Waals surface area contributed by atoms with E-state index in [1.54, 1.807) is 0 Å². The largest absolute Gasteiger partial charge is 0.466 e. The minimum atomic E-state index is -0.0503. The van der Waals surface area contributed by atoms with Gasteiger partial charge in [-0.15, -0.1) is 0 Å². The van der Waals surface area contributed by atoms with Crippen molar-refractivity contribution in [2.24, 2.45) is 5.92 Å². The second-order valence-electron chi connectivity index (χ2n) is 6.39. The van der Waals surface area contributed by atoms with Gasteiger partial charge in [0.1, 0.15) is 0 Å². The Hall–Kier alpha value is -2.13. The smallest absolute Gasteiger partial charge is 0.309 e. The minimum Gasteiger partial charge on any atom is -0.466 e. The minimum absolute atomic E-state index is 0.0422. The average molecular weight is 323 g/mol. The maximum atomic E-state index is 12.4. The fraction of sp³-hybridized carbons (Fsp3) is 0.381. The molecule has 1 aliphatic rings. The molecule has 0 aromatic heterocycles. The Kier molecular flexibility index (Phi) is 5.65. The number of ether oxygens (including phenoxy) is 1. The van der Waals surface area contributed by atoms with E-state index in [9.17, 15) is 4.79 Å². The molecule has 3 heteroatoms. The van der Waals surface area contributed by atoms with Crippen molar-refractivity contribution in [1.29, 1.82) is 0 Å². The van der Waals surface area contributed by atoms with Crippen LogP contribution in [0.5, 0.6) is 0 Å². The van der Waals surface area contributed by atoms with Gasteiger partial charge in [0.15, 0.2) is 0 Å². The maximum Gasteiger partial charge on any atom is 0.309 e. The fourth-order valence-electron chi connectivity index (χ4n) is 3.57. The molecule has 126 valence electrons. The van der Waals surface area contributed by atoms with Crippen LogP contribution in [-0.2, 0) is 16.1 Å². The summed E-state index contributed by atoms with van der Waals surface area (Å²) in [4.78, 5) is 14.9. The van der Waals surface area contributed by atoms with E-state index < -0.39 is 0 Å². The van der Waals surface area contributed by atoms with Gasteiger partial charge in [-0.25, -0.2) is 0 Å². The van der Waals surface area contributed by atoms with Crippen LogP contribution in [0.4, 0.5) is 0 Å². The molecule has 1 saturated heterocycles. The topological polar surface area (TPSA) is 29.5 Å². The third kappa shape index (κ3) is 4.04. The highest BCUT2D eigenvalue weighted by Gasteiger charge is 2.35. The molecule has 3 nitrogen and oxygen atoms in total. The van der Waals surface area contributed by atoms with Crippen molar-refractivity contribution in [2.45, 2.75) is 25.8 Å². The molecular weight excluding hydrogens is 298 g/mol. The van der Waals surface area contributed by atoms with Gasteiger partial charge >= 0.3 is 5.97 Å². The quantitative estimate of drug-likeness (QED) is 0.783. The summed E-state index contributed by atoms with van der Waals surface area (Å²) >= 11 is 0. The fourth-order valence-corrected chi connectivity index (χ4v) is 3.57. The zero-order valence-corrected chi connectivity index (χ0v) is 14.2. The molecule has 0 unspecified atom stereocenters. The third-order valence-electron chi connectivity index (χ3n) is 4.76. The van der Waals surface area contributed by atoms with Crippen molar-refractivity contribution < 1.29 is 9.53 Å². The molecule has 1 aliphatic heterocycles. The van der Waals surface area contributed by atoms with Crippen molar-refractivity contribution in [2.75, 3.05) is 19.7 Å². The Labute approximate surface area is 144 Å². The molecule has 24 heavy (non-hydrogen) atoms. The second-order valence-corrected chi connectivity index (χ2v) is 6.39. The van der Waals surface area contributed by atoms with E-state index in [-0.39, 0.29) is 17.8 Å². The van der Waals surface area contributed by atoms with Gasteiger partial charge in [0.05, 0.1) is 12.5 Å². The Morgan fingerprint density at radius 1 is 1.08 bits per heavy atom. The van der Waals surface area contributed by atoms with Gasteiger partial charge in [-0.3, -0.25) is 9.69 Å². The molecule has 3 rings (SSSR count). The maximum absolute atomic E-state index is 12.4. The monoisotopic (exact) mass is 323 g/mol. The molecular formula is C21H25NO2. The number of piperidine rings is 1. The average Bonchev–Trinajstić information content (AvgIpc) is 2.63. The molecule has 0 N–H and O–H groups in total. The lowest BCUT2D eigenvalue weighted by Crippen LogP contribution is -2.42. The zero-order valence-electron chi connectivity index (χ0n) is 14.2. The summed E-state index contributed by atoms with van der Waals surface area (Å²) in [7, 11) is 0. The number of hydrogen-bond acceptors (Lipinski definition) is 3. The van der Waals surface area contributed by atoms with Crippen LogP contribution in [0.2, 0.25) is 0 Å². The van der Waals surface area contributed by atoms with Gasteiger partial charge < -0.3 is 4.74 Å². The number of rotatable bonds is 5. The van der Waals surface area contributed by atoms with Crippen LogP contribution in [0.15, 0.2) is 60.7 Å². The Morgan fingerprint density at radius 3 is 2.42 bits per heavy atom. The summed E-state index contributed by atoms with van der Waals surface area (Å²) in [5.74, 6) is 0.104. The SMILES string of the molecule is CCOC(=O)[C@@H]1CCN(Cc2ccccc2)C[C@H]1c1ccccc1. The van der Waals surface area contributed by atoms with E-state index >= 15 is 0 Å². The first-order valence-corrected chi connectivity index (χ1v) is 8.75. The van der Waals surface area contributed by atoms with Crippen LogP contribution in [0.25, 0.3) is 0 Å². The van der Waals surface area contributed by atoms with Crippen molar-refractivity contribution in [3.8, 4) is 0 Å². The molecule has 0 amide bonds. The van der Waals surface area contributed by atoms with Crippen LogP contribution in [0, 0.1) is 5.92 Å². The van der Waals surface area contributed by atoms with Crippen LogP contribution in [-0.4, -0.2) is 30.6 Å². The first kappa shape index (κ1) is 16.7. The lowest BCUT2D eigenvalue weighted by Gasteiger charge is -2.37. The molecule has 0 spiro atoms. The lowest BCUT2D eigenvalue weighted by atomic mass is 9.80. The van der Waals surface area contributed by atoms with E-state index in [4.69, 9.17) is 4.74 Å². The van der Waals surface area contributed by atoms with Crippen LogP contribution in [0.3, 0.4) is 0 Å². The van der Waals surface area contributed by atoms with Crippen LogP contribution < -0.4 is 0 Å². The van der Waals surface area contributed by atoms with E-state index in [0.29, 0.717) is 6.61 Å². The predicted octanol–water partition coefficient (Wildman–Crippen LogP) is 3.86. The molecule has 2 atom stereocenters. The number of likely N-dealkylation sites (tertiary alicyclic amines) is 1. The second kappa shape index (κ2) is 8.11. The van der Waals surface area contributed by atoms with Crippen molar-refractivity contribution in [3.63, 3.8) is 0 Å². The molecule has 2 aromatic carbocycles. The molecule has 0 bridgehead atoms. The Bertz CT molecular complexity index is 641. The molecule has 0 radical (unpaired) electrons. The molecule has 1 heterocycles. The van der Waals surface area contributed by atoms with E-state index in [0.717, 1.165) is 26.1 Å². The normalized spacial score (nSPS) is 21.4. The first-order chi connectivity index (χ1) is 11.8. The highest BCUT2D eigenvalue weighted by molar-refractivity contribution is 5.74. The number of hydrogen-bond donors (Lipinski definition) is 0. The van der Waals surface area contributed by atoms with Crippen molar-refractivity contribution >= 4 is 5.97 Å². The van der Waals surface area contributed by atoms with Gasteiger partial charge in [0.2, 0.25) is 0 Å². The molecule has 1 fully saturated rings. The number of carbonyl (C=O) groups excluding carboxylic acids is 1. The predicted molar refractivity (Wildman–Crippen MR) is 95.6 cm³/mol.